The van der Waals surface area contributed by atoms with E-state index in [2.05, 4.69) is 12.2 Å². The number of amides is 1. The summed E-state index contributed by atoms with van der Waals surface area (Å²) < 4.78 is 11.5. The van der Waals surface area contributed by atoms with Crippen LogP contribution in [-0.2, 0) is 0 Å². The number of carbonyl (C=O) groups excluding carboxylic acids is 1. The summed E-state index contributed by atoms with van der Waals surface area (Å²) in [4.78, 5) is 14.8. The van der Waals surface area contributed by atoms with Gasteiger partial charge in [0.2, 0.25) is 0 Å². The molecule has 4 rings (SSSR count). The number of rotatable bonds is 2. The van der Waals surface area contributed by atoms with Gasteiger partial charge in [-0.05, 0) is 43.2 Å². The number of phenols is 1. The lowest BCUT2D eigenvalue weighted by Crippen LogP contribution is -2.38. The summed E-state index contributed by atoms with van der Waals surface area (Å²) >= 11 is 0. The fourth-order valence-electron chi connectivity index (χ4n) is 3.80. The van der Waals surface area contributed by atoms with Gasteiger partial charge in [-0.25, -0.2) is 0 Å². The fraction of sp³-hybridized carbons (Fsp3) is 0.318. The molecule has 5 heteroatoms. The van der Waals surface area contributed by atoms with Crippen molar-refractivity contribution in [3.05, 3.63) is 59.7 Å². The maximum Gasteiger partial charge on any atom is 0.253 e. The Morgan fingerprint density at radius 2 is 2.04 bits per heavy atom. The molecule has 2 aliphatic heterocycles. The number of hydrogen-bond donors (Lipinski definition) is 1. The summed E-state index contributed by atoms with van der Waals surface area (Å²) in [5.74, 6) is 1.19. The Balaban J connectivity index is 1.50. The molecular formula is C22H23NO4. The minimum Gasteiger partial charge on any atom is -0.504 e. The summed E-state index contributed by atoms with van der Waals surface area (Å²) in [5, 5.41) is 9.74. The molecule has 2 aliphatic rings. The number of phenolic OH excluding ortho intramolecular Hbond substituents is 1. The number of benzene rings is 2. The van der Waals surface area contributed by atoms with E-state index in [4.69, 9.17) is 9.47 Å². The van der Waals surface area contributed by atoms with Crippen LogP contribution >= 0.6 is 0 Å². The molecule has 0 aliphatic carbocycles. The van der Waals surface area contributed by atoms with Crippen LogP contribution in [0.1, 0.15) is 35.2 Å². The minimum absolute atomic E-state index is 0.0308. The monoisotopic (exact) mass is 365 g/mol. The van der Waals surface area contributed by atoms with Gasteiger partial charge in [-0.15, -0.1) is 0 Å². The summed E-state index contributed by atoms with van der Waals surface area (Å²) in [5.41, 5.74) is 1.26. The van der Waals surface area contributed by atoms with Gasteiger partial charge in [-0.3, -0.25) is 4.79 Å². The Morgan fingerprint density at radius 3 is 2.89 bits per heavy atom. The number of fused-ring (bicyclic) bond motifs is 1. The van der Waals surface area contributed by atoms with Crippen LogP contribution in [-0.4, -0.2) is 41.7 Å². The molecule has 2 aromatic carbocycles. The first-order chi connectivity index (χ1) is 13.1. The van der Waals surface area contributed by atoms with E-state index in [1.807, 2.05) is 29.2 Å². The Hall–Kier alpha value is -2.95. The molecule has 2 aromatic rings. The maximum absolute atomic E-state index is 12.9. The lowest BCUT2D eigenvalue weighted by atomic mass is 9.91. The van der Waals surface area contributed by atoms with Crippen LogP contribution in [0.2, 0.25) is 0 Å². The quantitative estimate of drug-likeness (QED) is 0.878. The zero-order valence-electron chi connectivity index (χ0n) is 15.4. The molecule has 0 radical (unpaired) electrons. The molecule has 1 atom stereocenters. The average molecular weight is 365 g/mol. The van der Waals surface area contributed by atoms with E-state index in [1.54, 1.807) is 12.1 Å². The normalized spacial score (nSPS) is 21.3. The largest absolute Gasteiger partial charge is 0.504 e. The molecule has 2 heterocycles. The molecule has 0 bridgehead atoms. The first-order valence-corrected chi connectivity index (χ1v) is 9.24. The second-order valence-electron chi connectivity index (χ2n) is 7.07. The predicted octanol–water partition coefficient (Wildman–Crippen LogP) is 3.87. The molecule has 5 nitrogen and oxygen atoms in total. The molecule has 1 amide bonds. The van der Waals surface area contributed by atoms with Gasteiger partial charge in [0, 0.05) is 30.6 Å². The van der Waals surface area contributed by atoms with Gasteiger partial charge in [0.05, 0.1) is 7.11 Å². The van der Waals surface area contributed by atoms with Gasteiger partial charge < -0.3 is 19.5 Å². The van der Waals surface area contributed by atoms with E-state index in [0.717, 1.165) is 30.6 Å². The SMILES string of the molecule is COc1cc(C(=O)N2CCCC3(C=Cc4ccccc4O3)CC2)ccc1O. The number of methoxy groups -OCH3 is 1. The van der Waals surface area contributed by atoms with Crippen molar-refractivity contribution in [1.29, 1.82) is 0 Å². The molecule has 0 aromatic heterocycles. The first-order valence-electron chi connectivity index (χ1n) is 9.24. The Kier molecular flexibility index (Phi) is 4.52. The highest BCUT2D eigenvalue weighted by molar-refractivity contribution is 5.95. The molecule has 1 fully saturated rings. The van der Waals surface area contributed by atoms with Crippen molar-refractivity contribution >= 4 is 12.0 Å². The first kappa shape index (κ1) is 17.5. The van der Waals surface area contributed by atoms with Crippen LogP contribution in [0.5, 0.6) is 17.2 Å². The number of likely N-dealkylation sites (tertiary alicyclic amines) is 1. The molecule has 1 saturated heterocycles. The Bertz CT molecular complexity index is 892. The number of ether oxygens (including phenoxy) is 2. The topological polar surface area (TPSA) is 59.0 Å². The van der Waals surface area contributed by atoms with Crippen molar-refractivity contribution in [3.8, 4) is 17.2 Å². The number of aromatic hydroxyl groups is 1. The number of nitrogens with zero attached hydrogens (tertiary/aromatic N) is 1. The van der Waals surface area contributed by atoms with E-state index >= 15 is 0 Å². The standard InChI is InChI=1S/C22H23NO4/c1-26-20-15-17(7-8-18(20)24)21(25)23-13-4-10-22(12-14-23)11-9-16-5-2-3-6-19(16)27-22/h2-3,5-9,11,15,24H,4,10,12-14H2,1H3. The maximum atomic E-state index is 12.9. The highest BCUT2D eigenvalue weighted by atomic mass is 16.5. The van der Waals surface area contributed by atoms with Gasteiger partial charge in [0.25, 0.3) is 5.91 Å². The summed E-state index contributed by atoms with van der Waals surface area (Å²) in [6.45, 7) is 1.30. The highest BCUT2D eigenvalue weighted by Gasteiger charge is 2.36. The van der Waals surface area contributed by atoms with Crippen molar-refractivity contribution in [1.82, 2.24) is 4.90 Å². The zero-order chi connectivity index (χ0) is 18.9. The van der Waals surface area contributed by atoms with Crippen LogP contribution < -0.4 is 9.47 Å². The highest BCUT2D eigenvalue weighted by Crippen LogP contribution is 2.37. The molecule has 27 heavy (non-hydrogen) atoms. The van der Waals surface area contributed by atoms with Gasteiger partial charge in [0.1, 0.15) is 11.4 Å². The van der Waals surface area contributed by atoms with Crippen LogP contribution in [0, 0.1) is 0 Å². The minimum atomic E-state index is -0.351. The van der Waals surface area contributed by atoms with E-state index in [9.17, 15) is 9.90 Å². The number of hydrogen-bond acceptors (Lipinski definition) is 4. The average Bonchev–Trinajstić information content (AvgIpc) is 2.90. The van der Waals surface area contributed by atoms with Gasteiger partial charge in [-0.2, -0.15) is 0 Å². The van der Waals surface area contributed by atoms with Crippen LogP contribution in [0.25, 0.3) is 6.08 Å². The lowest BCUT2D eigenvalue weighted by molar-refractivity contribution is 0.0730. The van der Waals surface area contributed by atoms with Gasteiger partial charge in [-0.1, -0.05) is 24.3 Å². The summed E-state index contributed by atoms with van der Waals surface area (Å²) in [6.07, 6.45) is 6.76. The molecule has 0 saturated carbocycles. The smallest absolute Gasteiger partial charge is 0.253 e. The van der Waals surface area contributed by atoms with Crippen molar-refractivity contribution in [2.75, 3.05) is 20.2 Å². The van der Waals surface area contributed by atoms with Crippen molar-refractivity contribution in [3.63, 3.8) is 0 Å². The molecule has 1 spiro atoms. The van der Waals surface area contributed by atoms with Crippen LogP contribution in [0.3, 0.4) is 0 Å². The van der Waals surface area contributed by atoms with Crippen molar-refractivity contribution < 1.29 is 19.4 Å². The van der Waals surface area contributed by atoms with Gasteiger partial charge in [0.15, 0.2) is 11.5 Å². The number of carbonyl (C=O) groups is 1. The predicted molar refractivity (Wildman–Crippen MR) is 103 cm³/mol. The van der Waals surface area contributed by atoms with E-state index in [0.29, 0.717) is 24.4 Å². The van der Waals surface area contributed by atoms with Crippen LogP contribution in [0.4, 0.5) is 0 Å². The van der Waals surface area contributed by atoms with E-state index in [1.165, 1.54) is 13.2 Å². The summed E-state index contributed by atoms with van der Waals surface area (Å²) in [7, 11) is 1.48. The fourth-order valence-corrected chi connectivity index (χ4v) is 3.80. The lowest BCUT2D eigenvalue weighted by Gasteiger charge is -2.34. The van der Waals surface area contributed by atoms with E-state index < -0.39 is 0 Å². The molecule has 1 unspecified atom stereocenters. The van der Waals surface area contributed by atoms with E-state index in [-0.39, 0.29) is 17.3 Å². The number of para-hydroxylation sites is 1. The van der Waals surface area contributed by atoms with Crippen molar-refractivity contribution in [2.45, 2.75) is 24.9 Å². The Labute approximate surface area is 158 Å². The van der Waals surface area contributed by atoms with Crippen molar-refractivity contribution in [2.24, 2.45) is 0 Å². The van der Waals surface area contributed by atoms with Gasteiger partial charge >= 0.3 is 0 Å². The van der Waals surface area contributed by atoms with Crippen LogP contribution in [0.15, 0.2) is 48.5 Å². The Morgan fingerprint density at radius 1 is 1.19 bits per heavy atom. The third-order valence-corrected chi connectivity index (χ3v) is 5.35. The zero-order valence-corrected chi connectivity index (χ0v) is 15.4. The molecule has 1 N–H and O–H groups in total. The second-order valence-corrected chi connectivity index (χ2v) is 7.07. The molecular weight excluding hydrogens is 342 g/mol. The third-order valence-electron chi connectivity index (χ3n) is 5.35. The summed E-state index contributed by atoms with van der Waals surface area (Å²) in [6, 6.07) is 12.7. The molecule has 140 valence electrons. The second kappa shape index (κ2) is 6.99. The third kappa shape index (κ3) is 3.37.